The molecule has 0 aliphatic rings. The van der Waals surface area contributed by atoms with E-state index >= 15 is 0 Å². The van der Waals surface area contributed by atoms with Crippen molar-refractivity contribution in [1.82, 2.24) is 24.9 Å². The molecule has 7 nitrogen and oxygen atoms in total. The fourth-order valence-electron chi connectivity index (χ4n) is 1.56. The highest BCUT2D eigenvalue weighted by Crippen LogP contribution is 2.08. The highest BCUT2D eigenvalue weighted by atomic mass is 16.2. The van der Waals surface area contributed by atoms with Crippen LogP contribution in [0.25, 0.3) is 0 Å². The molecule has 0 atom stereocenters. The van der Waals surface area contributed by atoms with Gasteiger partial charge < -0.3 is 10.2 Å². The van der Waals surface area contributed by atoms with Crippen molar-refractivity contribution in [2.75, 3.05) is 19.4 Å². The number of aryl methyl sites for hydroxylation is 1. The number of anilines is 1. The van der Waals surface area contributed by atoms with Gasteiger partial charge in [0.1, 0.15) is 0 Å². The molecule has 0 aliphatic heterocycles. The van der Waals surface area contributed by atoms with Crippen LogP contribution in [-0.2, 0) is 13.6 Å². The Hall–Kier alpha value is -2.15. The predicted molar refractivity (Wildman–Crippen MR) is 67.1 cm³/mol. The number of rotatable bonds is 4. The van der Waals surface area contributed by atoms with Gasteiger partial charge in [0.15, 0.2) is 11.5 Å². The van der Waals surface area contributed by atoms with Crippen LogP contribution in [-0.4, -0.2) is 44.9 Å². The standard InChI is InChI=1S/C11H16N6O/c1-16(2)7-8-6-10(14-13-8)12-11(18)9-4-5-17(3)15-9/h4-6H,7H2,1-3H3,(H2,12,13,14,18). The second-order valence-electron chi connectivity index (χ2n) is 4.34. The van der Waals surface area contributed by atoms with Crippen LogP contribution in [0.15, 0.2) is 18.3 Å². The largest absolute Gasteiger partial charge is 0.304 e. The lowest BCUT2D eigenvalue weighted by molar-refractivity contribution is 0.102. The summed E-state index contributed by atoms with van der Waals surface area (Å²) in [5.74, 6) is 0.237. The van der Waals surface area contributed by atoms with Gasteiger partial charge in [0.25, 0.3) is 5.91 Å². The van der Waals surface area contributed by atoms with Crippen LogP contribution in [0.5, 0.6) is 0 Å². The van der Waals surface area contributed by atoms with Crippen molar-refractivity contribution >= 4 is 11.7 Å². The summed E-state index contributed by atoms with van der Waals surface area (Å²) in [5, 5.41) is 13.6. The van der Waals surface area contributed by atoms with E-state index in [-0.39, 0.29) is 5.91 Å². The minimum absolute atomic E-state index is 0.265. The van der Waals surface area contributed by atoms with E-state index in [0.29, 0.717) is 11.5 Å². The van der Waals surface area contributed by atoms with Gasteiger partial charge in [0.2, 0.25) is 0 Å². The summed E-state index contributed by atoms with van der Waals surface area (Å²) >= 11 is 0. The first-order valence-corrected chi connectivity index (χ1v) is 5.54. The smallest absolute Gasteiger partial charge is 0.277 e. The SMILES string of the molecule is CN(C)Cc1cc(NC(=O)c2ccn(C)n2)n[nH]1. The zero-order valence-electron chi connectivity index (χ0n) is 10.6. The Morgan fingerprint density at radius 3 is 2.94 bits per heavy atom. The topological polar surface area (TPSA) is 78.8 Å². The monoisotopic (exact) mass is 248 g/mol. The van der Waals surface area contributed by atoms with Crippen molar-refractivity contribution < 1.29 is 4.79 Å². The average molecular weight is 248 g/mol. The van der Waals surface area contributed by atoms with Crippen molar-refractivity contribution in [3.05, 3.63) is 29.7 Å². The second-order valence-corrected chi connectivity index (χ2v) is 4.34. The van der Waals surface area contributed by atoms with Crippen molar-refractivity contribution in [2.24, 2.45) is 7.05 Å². The van der Waals surface area contributed by atoms with Crippen LogP contribution >= 0.6 is 0 Å². The van der Waals surface area contributed by atoms with Crippen LogP contribution in [0.2, 0.25) is 0 Å². The van der Waals surface area contributed by atoms with E-state index in [1.807, 2.05) is 19.0 Å². The molecule has 0 aromatic carbocycles. The van der Waals surface area contributed by atoms with Crippen LogP contribution in [0, 0.1) is 0 Å². The highest BCUT2D eigenvalue weighted by Gasteiger charge is 2.11. The van der Waals surface area contributed by atoms with Gasteiger partial charge in [-0.1, -0.05) is 0 Å². The van der Waals surface area contributed by atoms with Gasteiger partial charge in [-0.05, 0) is 20.2 Å². The minimum atomic E-state index is -0.265. The normalized spacial score (nSPS) is 10.9. The van der Waals surface area contributed by atoms with Gasteiger partial charge in [-0.25, -0.2) is 0 Å². The summed E-state index contributed by atoms with van der Waals surface area (Å²) in [6, 6.07) is 3.46. The number of amides is 1. The number of nitrogens with zero attached hydrogens (tertiary/aromatic N) is 4. The molecule has 2 aromatic heterocycles. The number of carbonyl (C=O) groups excluding carboxylic acids is 1. The zero-order valence-corrected chi connectivity index (χ0v) is 10.6. The molecule has 2 heterocycles. The third-order valence-corrected chi connectivity index (χ3v) is 2.31. The Labute approximate surface area is 105 Å². The predicted octanol–water partition coefficient (Wildman–Crippen LogP) is 0.457. The maximum atomic E-state index is 11.8. The Kier molecular flexibility index (Phi) is 3.42. The third-order valence-electron chi connectivity index (χ3n) is 2.31. The minimum Gasteiger partial charge on any atom is -0.304 e. The van der Waals surface area contributed by atoms with E-state index in [0.717, 1.165) is 12.2 Å². The molecule has 0 spiro atoms. The number of aromatic amines is 1. The lowest BCUT2D eigenvalue weighted by atomic mass is 10.4. The summed E-state index contributed by atoms with van der Waals surface area (Å²) in [6.45, 7) is 0.743. The number of hydrogen-bond donors (Lipinski definition) is 2. The molecule has 0 aliphatic carbocycles. The fraction of sp³-hybridized carbons (Fsp3) is 0.364. The van der Waals surface area contributed by atoms with Crippen LogP contribution < -0.4 is 5.32 Å². The molecule has 7 heteroatoms. The molecule has 2 N–H and O–H groups in total. The quantitative estimate of drug-likeness (QED) is 0.823. The van der Waals surface area contributed by atoms with E-state index in [4.69, 9.17) is 0 Å². The Balaban J connectivity index is 2.01. The molecule has 18 heavy (non-hydrogen) atoms. The van der Waals surface area contributed by atoms with Gasteiger partial charge in [-0.3, -0.25) is 14.6 Å². The first kappa shape index (κ1) is 12.3. The molecular formula is C11H16N6O. The van der Waals surface area contributed by atoms with E-state index < -0.39 is 0 Å². The van der Waals surface area contributed by atoms with Gasteiger partial charge in [-0.2, -0.15) is 10.2 Å². The van der Waals surface area contributed by atoms with Gasteiger partial charge in [-0.15, -0.1) is 0 Å². The zero-order chi connectivity index (χ0) is 13.1. The number of nitrogens with one attached hydrogen (secondary N) is 2. The summed E-state index contributed by atoms with van der Waals surface area (Å²) in [6.07, 6.45) is 1.72. The molecule has 0 saturated heterocycles. The molecule has 0 radical (unpaired) electrons. The van der Waals surface area contributed by atoms with Crippen molar-refractivity contribution in [3.63, 3.8) is 0 Å². The van der Waals surface area contributed by atoms with Crippen LogP contribution in [0.3, 0.4) is 0 Å². The van der Waals surface area contributed by atoms with Gasteiger partial charge in [0, 0.05) is 25.9 Å². The number of hydrogen-bond acceptors (Lipinski definition) is 4. The second kappa shape index (κ2) is 5.01. The highest BCUT2D eigenvalue weighted by molar-refractivity contribution is 6.02. The molecule has 0 bridgehead atoms. The van der Waals surface area contributed by atoms with E-state index in [1.54, 1.807) is 30.1 Å². The fourth-order valence-corrected chi connectivity index (χ4v) is 1.56. The maximum absolute atomic E-state index is 11.8. The lowest BCUT2D eigenvalue weighted by Crippen LogP contribution is -2.13. The summed E-state index contributed by atoms with van der Waals surface area (Å²) in [4.78, 5) is 13.8. The molecule has 0 saturated carbocycles. The Morgan fingerprint density at radius 1 is 1.56 bits per heavy atom. The molecule has 2 rings (SSSR count). The molecule has 2 aromatic rings. The first-order chi connectivity index (χ1) is 8.54. The summed E-state index contributed by atoms with van der Waals surface area (Å²) in [7, 11) is 5.69. The average Bonchev–Trinajstić information content (AvgIpc) is 2.87. The van der Waals surface area contributed by atoms with E-state index in [2.05, 4.69) is 20.6 Å². The number of aromatic nitrogens is 4. The molecule has 0 fully saturated rings. The lowest BCUT2D eigenvalue weighted by Gasteiger charge is -2.05. The Bertz CT molecular complexity index is 541. The van der Waals surface area contributed by atoms with Gasteiger partial charge >= 0.3 is 0 Å². The van der Waals surface area contributed by atoms with Gasteiger partial charge in [0.05, 0.1) is 5.69 Å². The molecule has 1 amide bonds. The Morgan fingerprint density at radius 2 is 2.33 bits per heavy atom. The third kappa shape index (κ3) is 2.95. The van der Waals surface area contributed by atoms with Crippen molar-refractivity contribution in [3.8, 4) is 0 Å². The van der Waals surface area contributed by atoms with Crippen molar-refractivity contribution in [2.45, 2.75) is 6.54 Å². The summed E-state index contributed by atoms with van der Waals surface area (Å²) in [5.41, 5.74) is 1.31. The molecule has 96 valence electrons. The summed E-state index contributed by atoms with van der Waals surface area (Å²) < 4.78 is 1.58. The maximum Gasteiger partial charge on any atom is 0.277 e. The van der Waals surface area contributed by atoms with Crippen LogP contribution in [0.1, 0.15) is 16.2 Å². The number of H-pyrrole nitrogens is 1. The molecular weight excluding hydrogens is 232 g/mol. The van der Waals surface area contributed by atoms with E-state index in [9.17, 15) is 4.79 Å². The van der Waals surface area contributed by atoms with E-state index in [1.165, 1.54) is 0 Å². The molecule has 0 unspecified atom stereocenters. The van der Waals surface area contributed by atoms with Crippen molar-refractivity contribution in [1.29, 1.82) is 0 Å². The van der Waals surface area contributed by atoms with Crippen LogP contribution in [0.4, 0.5) is 5.82 Å². The first-order valence-electron chi connectivity index (χ1n) is 5.54. The number of carbonyl (C=O) groups is 1.